The van der Waals surface area contributed by atoms with Gasteiger partial charge >= 0.3 is 5.97 Å². The quantitative estimate of drug-likeness (QED) is 0.660. The summed E-state index contributed by atoms with van der Waals surface area (Å²) in [7, 11) is 0. The normalized spacial score (nSPS) is 23.3. The molecule has 0 radical (unpaired) electrons. The maximum atomic E-state index is 11.4. The minimum atomic E-state index is -0.960. The van der Waals surface area contributed by atoms with Gasteiger partial charge in [-0.2, -0.15) is 0 Å². The summed E-state index contributed by atoms with van der Waals surface area (Å²) in [6.45, 7) is 2.12. The molecular formula is C10H13NO3. The number of carboxylic acids is 1. The lowest BCUT2D eigenvalue weighted by Gasteiger charge is -2.22. The molecule has 0 bridgehead atoms. The number of hydrogen-bond acceptors (Lipinski definition) is 2. The molecule has 0 aliphatic carbocycles. The monoisotopic (exact) mass is 195 g/mol. The average molecular weight is 195 g/mol. The first-order valence-electron chi connectivity index (χ1n) is 4.58. The van der Waals surface area contributed by atoms with Crippen molar-refractivity contribution in [2.75, 3.05) is 6.54 Å². The molecule has 1 aliphatic heterocycles. The molecule has 1 rings (SSSR count). The van der Waals surface area contributed by atoms with Gasteiger partial charge in [0.1, 0.15) is 6.04 Å². The van der Waals surface area contributed by atoms with E-state index in [2.05, 4.69) is 5.92 Å². The van der Waals surface area contributed by atoms with Crippen LogP contribution in [0.3, 0.4) is 0 Å². The first-order chi connectivity index (χ1) is 6.60. The van der Waals surface area contributed by atoms with E-state index in [-0.39, 0.29) is 18.2 Å². The van der Waals surface area contributed by atoms with Crippen molar-refractivity contribution < 1.29 is 14.7 Å². The van der Waals surface area contributed by atoms with Crippen LogP contribution in [0, 0.1) is 18.3 Å². The van der Waals surface area contributed by atoms with Crippen LogP contribution in [0.25, 0.3) is 0 Å². The van der Waals surface area contributed by atoms with Crippen molar-refractivity contribution in [1.29, 1.82) is 0 Å². The van der Waals surface area contributed by atoms with E-state index in [0.717, 1.165) is 0 Å². The fourth-order valence-corrected chi connectivity index (χ4v) is 1.67. The molecule has 1 aliphatic rings. The smallest absolute Gasteiger partial charge is 0.326 e. The van der Waals surface area contributed by atoms with E-state index in [1.54, 1.807) is 6.92 Å². The van der Waals surface area contributed by atoms with Gasteiger partial charge in [0.2, 0.25) is 5.91 Å². The molecule has 1 saturated heterocycles. The van der Waals surface area contributed by atoms with E-state index in [4.69, 9.17) is 11.5 Å². The number of carbonyl (C=O) groups excluding carboxylic acids is 1. The van der Waals surface area contributed by atoms with E-state index >= 15 is 0 Å². The van der Waals surface area contributed by atoms with Crippen molar-refractivity contribution in [3.05, 3.63) is 0 Å². The van der Waals surface area contributed by atoms with Crippen LogP contribution in [0.4, 0.5) is 0 Å². The van der Waals surface area contributed by atoms with Gasteiger partial charge in [-0.05, 0) is 6.42 Å². The van der Waals surface area contributed by atoms with E-state index in [0.29, 0.717) is 13.0 Å². The molecule has 0 aromatic rings. The molecule has 14 heavy (non-hydrogen) atoms. The molecule has 4 nitrogen and oxygen atoms in total. The van der Waals surface area contributed by atoms with Crippen LogP contribution in [0.1, 0.15) is 19.8 Å². The van der Waals surface area contributed by atoms with Gasteiger partial charge in [-0.1, -0.05) is 6.92 Å². The Morgan fingerprint density at radius 3 is 2.86 bits per heavy atom. The van der Waals surface area contributed by atoms with Gasteiger partial charge < -0.3 is 10.0 Å². The number of aliphatic carboxylic acids is 1. The molecule has 1 fully saturated rings. The van der Waals surface area contributed by atoms with Gasteiger partial charge in [0.15, 0.2) is 0 Å². The molecule has 2 unspecified atom stereocenters. The predicted octanol–water partition coefficient (Wildman–Crippen LogP) is 0.331. The lowest BCUT2D eigenvalue weighted by Crippen LogP contribution is -2.41. The zero-order valence-corrected chi connectivity index (χ0v) is 8.06. The van der Waals surface area contributed by atoms with Gasteiger partial charge in [-0.15, -0.1) is 12.3 Å². The minimum absolute atomic E-state index is 0.129. The van der Waals surface area contributed by atoms with Crippen LogP contribution in [-0.4, -0.2) is 34.5 Å². The van der Waals surface area contributed by atoms with E-state index in [9.17, 15) is 9.59 Å². The summed E-state index contributed by atoms with van der Waals surface area (Å²) >= 11 is 0. The molecule has 4 heteroatoms. The van der Waals surface area contributed by atoms with Crippen molar-refractivity contribution in [2.45, 2.75) is 25.8 Å². The Balaban J connectivity index is 2.74. The van der Waals surface area contributed by atoms with E-state index < -0.39 is 12.0 Å². The number of carbonyl (C=O) groups is 2. The maximum absolute atomic E-state index is 11.4. The number of likely N-dealkylation sites (tertiary alicyclic amines) is 1. The number of carboxylic acid groups (broad SMARTS) is 1. The first-order valence-corrected chi connectivity index (χ1v) is 4.58. The highest BCUT2D eigenvalue weighted by Crippen LogP contribution is 2.20. The third-order valence-corrected chi connectivity index (χ3v) is 2.44. The molecule has 0 spiro atoms. The molecule has 76 valence electrons. The summed E-state index contributed by atoms with van der Waals surface area (Å²) in [6, 6.07) is -0.721. The fraction of sp³-hybridized carbons (Fsp3) is 0.600. The second-order valence-corrected chi connectivity index (χ2v) is 3.38. The number of nitrogens with zero attached hydrogens (tertiary/aromatic N) is 1. The van der Waals surface area contributed by atoms with E-state index in [1.807, 2.05) is 0 Å². The van der Waals surface area contributed by atoms with Gasteiger partial charge in [0.05, 0.1) is 0 Å². The molecule has 1 amide bonds. The SMILES string of the molecule is C#CC1CC(=O)N(C(CC)C(=O)O)C1. The summed E-state index contributed by atoms with van der Waals surface area (Å²) < 4.78 is 0. The lowest BCUT2D eigenvalue weighted by atomic mass is 10.1. The average Bonchev–Trinajstić information content (AvgIpc) is 2.48. The topological polar surface area (TPSA) is 57.6 Å². The summed E-state index contributed by atoms with van der Waals surface area (Å²) in [4.78, 5) is 23.6. The Labute approximate surface area is 82.9 Å². The standard InChI is InChI=1S/C10H13NO3/c1-3-7-5-9(12)11(6-7)8(4-2)10(13)14/h1,7-8H,4-6H2,2H3,(H,13,14). The molecule has 2 atom stereocenters. The van der Waals surface area contributed by atoms with Crippen molar-refractivity contribution in [2.24, 2.45) is 5.92 Å². The molecule has 0 aromatic heterocycles. The number of hydrogen-bond donors (Lipinski definition) is 1. The molecule has 1 N–H and O–H groups in total. The molecule has 1 heterocycles. The zero-order valence-electron chi connectivity index (χ0n) is 8.06. The Bertz CT molecular complexity index is 292. The number of rotatable bonds is 3. The predicted molar refractivity (Wildman–Crippen MR) is 50.4 cm³/mol. The second-order valence-electron chi connectivity index (χ2n) is 3.38. The van der Waals surface area contributed by atoms with Gasteiger partial charge in [0.25, 0.3) is 0 Å². The van der Waals surface area contributed by atoms with Crippen LogP contribution in [0.2, 0.25) is 0 Å². The minimum Gasteiger partial charge on any atom is -0.480 e. The third-order valence-electron chi connectivity index (χ3n) is 2.44. The van der Waals surface area contributed by atoms with Gasteiger partial charge in [0, 0.05) is 18.9 Å². The largest absolute Gasteiger partial charge is 0.480 e. The third kappa shape index (κ3) is 1.87. The van der Waals surface area contributed by atoms with Crippen LogP contribution >= 0.6 is 0 Å². The van der Waals surface area contributed by atoms with Crippen LogP contribution < -0.4 is 0 Å². The summed E-state index contributed by atoms with van der Waals surface area (Å²) in [5, 5.41) is 8.86. The molecule has 0 aromatic carbocycles. The van der Waals surface area contributed by atoms with Crippen molar-refractivity contribution in [3.8, 4) is 12.3 Å². The molecule has 0 saturated carbocycles. The second kappa shape index (κ2) is 4.14. The summed E-state index contributed by atoms with van der Waals surface area (Å²) in [6.07, 6.45) is 5.89. The van der Waals surface area contributed by atoms with Crippen LogP contribution in [0.15, 0.2) is 0 Å². The summed E-state index contributed by atoms with van der Waals surface area (Å²) in [5.41, 5.74) is 0. The first kappa shape index (κ1) is 10.6. The van der Waals surface area contributed by atoms with Crippen molar-refractivity contribution >= 4 is 11.9 Å². The Morgan fingerprint density at radius 2 is 2.50 bits per heavy atom. The van der Waals surface area contributed by atoms with E-state index in [1.165, 1.54) is 4.90 Å². The molecular weight excluding hydrogens is 182 g/mol. The van der Waals surface area contributed by atoms with Crippen molar-refractivity contribution in [1.82, 2.24) is 4.90 Å². The van der Waals surface area contributed by atoms with Gasteiger partial charge in [-0.25, -0.2) is 4.79 Å². The van der Waals surface area contributed by atoms with Crippen LogP contribution in [0.5, 0.6) is 0 Å². The van der Waals surface area contributed by atoms with Gasteiger partial charge in [-0.3, -0.25) is 4.79 Å². The Kier molecular flexibility index (Phi) is 3.13. The lowest BCUT2D eigenvalue weighted by molar-refractivity contribution is -0.148. The van der Waals surface area contributed by atoms with Crippen LogP contribution in [-0.2, 0) is 9.59 Å². The Morgan fingerprint density at radius 1 is 1.86 bits per heavy atom. The zero-order chi connectivity index (χ0) is 10.7. The number of terminal acetylenes is 1. The number of amides is 1. The highest BCUT2D eigenvalue weighted by Gasteiger charge is 2.35. The maximum Gasteiger partial charge on any atom is 0.326 e. The van der Waals surface area contributed by atoms with Crippen molar-refractivity contribution in [3.63, 3.8) is 0 Å². The highest BCUT2D eigenvalue weighted by atomic mass is 16.4. The Hall–Kier alpha value is -1.50. The fourth-order valence-electron chi connectivity index (χ4n) is 1.67. The summed E-state index contributed by atoms with van der Waals surface area (Å²) in [5.74, 6) is 1.25. The highest BCUT2D eigenvalue weighted by molar-refractivity contribution is 5.85.